The minimum Gasteiger partial charge on any atom is -0.445 e. The van der Waals surface area contributed by atoms with Crippen molar-refractivity contribution in [2.45, 2.75) is 31.9 Å². The van der Waals surface area contributed by atoms with E-state index in [-0.39, 0.29) is 12.1 Å². The van der Waals surface area contributed by atoms with Gasteiger partial charge in [0.1, 0.15) is 6.61 Å². The largest absolute Gasteiger partial charge is 0.445 e. The molecule has 0 unspecified atom stereocenters. The minimum absolute atomic E-state index is 0.141. The van der Waals surface area contributed by atoms with E-state index in [1.807, 2.05) is 30.3 Å². The molecule has 0 aliphatic carbocycles. The quantitative estimate of drug-likeness (QED) is 0.891. The first kappa shape index (κ1) is 12.9. The molecule has 18 heavy (non-hydrogen) atoms. The number of carbonyl (C=O) groups is 1. The Labute approximate surface area is 108 Å². The average Bonchev–Trinajstić information content (AvgIpc) is 2.45. The van der Waals surface area contributed by atoms with Gasteiger partial charge in [0.25, 0.3) is 0 Å². The zero-order valence-electron chi connectivity index (χ0n) is 10.5. The van der Waals surface area contributed by atoms with Gasteiger partial charge in [0.2, 0.25) is 0 Å². The minimum atomic E-state index is -0.242. The fraction of sp³-hybridized carbons (Fsp3) is 0.500. The van der Waals surface area contributed by atoms with Crippen molar-refractivity contribution in [2.24, 2.45) is 5.73 Å². The molecule has 1 heterocycles. The van der Waals surface area contributed by atoms with E-state index < -0.39 is 0 Å². The fourth-order valence-corrected chi connectivity index (χ4v) is 2.29. The molecule has 98 valence electrons. The molecule has 0 aromatic heterocycles. The molecule has 0 radical (unpaired) electrons. The van der Waals surface area contributed by atoms with Crippen LogP contribution >= 0.6 is 0 Å². The number of amides is 1. The second-order valence-electron chi connectivity index (χ2n) is 4.62. The summed E-state index contributed by atoms with van der Waals surface area (Å²) >= 11 is 0. The van der Waals surface area contributed by atoms with E-state index in [0.717, 1.165) is 31.4 Å². The summed E-state index contributed by atoms with van der Waals surface area (Å²) in [6.07, 6.45) is 2.92. The van der Waals surface area contributed by atoms with Gasteiger partial charge in [0.15, 0.2) is 0 Å². The molecule has 2 N–H and O–H groups in total. The van der Waals surface area contributed by atoms with Crippen LogP contribution in [0.2, 0.25) is 0 Å². The highest BCUT2D eigenvalue weighted by atomic mass is 16.6. The van der Waals surface area contributed by atoms with Crippen molar-refractivity contribution in [3.05, 3.63) is 35.9 Å². The van der Waals surface area contributed by atoms with Crippen molar-refractivity contribution in [1.82, 2.24) is 4.90 Å². The number of hydrogen-bond acceptors (Lipinski definition) is 3. The number of nitrogens with zero attached hydrogens (tertiary/aromatic N) is 1. The Hall–Kier alpha value is -1.55. The zero-order chi connectivity index (χ0) is 12.8. The van der Waals surface area contributed by atoms with Crippen LogP contribution in [0, 0.1) is 0 Å². The number of ether oxygens (including phenoxy) is 1. The number of likely N-dealkylation sites (tertiary alicyclic amines) is 1. The molecule has 1 aromatic carbocycles. The molecular formula is C14H20N2O2. The van der Waals surface area contributed by atoms with Gasteiger partial charge in [-0.3, -0.25) is 0 Å². The number of hydrogen-bond donors (Lipinski definition) is 1. The van der Waals surface area contributed by atoms with Gasteiger partial charge in [-0.25, -0.2) is 4.79 Å². The van der Waals surface area contributed by atoms with Gasteiger partial charge in [-0.05, 0) is 24.8 Å². The number of carbonyl (C=O) groups excluding carboxylic acids is 1. The summed E-state index contributed by atoms with van der Waals surface area (Å²) < 4.78 is 5.33. The SMILES string of the molecule is NC[C@@H]1CCCCN1C(=O)OCc1ccccc1. The molecule has 0 spiro atoms. The van der Waals surface area contributed by atoms with Crippen molar-refractivity contribution in [3.63, 3.8) is 0 Å². The number of rotatable bonds is 3. The van der Waals surface area contributed by atoms with Crippen LogP contribution < -0.4 is 5.73 Å². The maximum Gasteiger partial charge on any atom is 0.410 e. The molecule has 1 aromatic rings. The van der Waals surface area contributed by atoms with Crippen molar-refractivity contribution >= 4 is 6.09 Å². The first-order valence-electron chi connectivity index (χ1n) is 6.48. The molecule has 2 rings (SSSR count). The topological polar surface area (TPSA) is 55.6 Å². The van der Waals surface area contributed by atoms with Crippen LogP contribution in [-0.4, -0.2) is 30.1 Å². The molecule has 1 amide bonds. The third-order valence-electron chi connectivity index (χ3n) is 3.34. The van der Waals surface area contributed by atoms with Gasteiger partial charge in [-0.15, -0.1) is 0 Å². The summed E-state index contributed by atoms with van der Waals surface area (Å²) in [6, 6.07) is 9.86. The lowest BCUT2D eigenvalue weighted by molar-refractivity contribution is 0.0699. The zero-order valence-corrected chi connectivity index (χ0v) is 10.5. The Morgan fingerprint density at radius 1 is 1.33 bits per heavy atom. The number of nitrogens with two attached hydrogens (primary N) is 1. The van der Waals surface area contributed by atoms with Crippen LogP contribution in [0.15, 0.2) is 30.3 Å². The maximum absolute atomic E-state index is 12.0. The second-order valence-corrected chi connectivity index (χ2v) is 4.62. The lowest BCUT2D eigenvalue weighted by atomic mass is 10.0. The standard InChI is InChI=1S/C14H20N2O2/c15-10-13-8-4-5-9-16(13)14(17)18-11-12-6-2-1-3-7-12/h1-3,6-7,13H,4-5,8-11,15H2/t13-/m0/s1. The Balaban J connectivity index is 1.87. The van der Waals surface area contributed by atoms with Gasteiger partial charge in [0, 0.05) is 19.1 Å². The van der Waals surface area contributed by atoms with Crippen molar-refractivity contribution in [1.29, 1.82) is 0 Å². The molecule has 1 fully saturated rings. The Morgan fingerprint density at radius 2 is 2.11 bits per heavy atom. The first-order chi connectivity index (χ1) is 8.81. The fourth-order valence-electron chi connectivity index (χ4n) is 2.29. The van der Waals surface area contributed by atoms with Gasteiger partial charge in [-0.2, -0.15) is 0 Å². The molecule has 0 bridgehead atoms. The monoisotopic (exact) mass is 248 g/mol. The highest BCUT2D eigenvalue weighted by Gasteiger charge is 2.26. The maximum atomic E-state index is 12.0. The van der Waals surface area contributed by atoms with E-state index in [4.69, 9.17) is 10.5 Å². The molecule has 4 heteroatoms. The van der Waals surface area contributed by atoms with Crippen molar-refractivity contribution in [2.75, 3.05) is 13.1 Å². The van der Waals surface area contributed by atoms with E-state index in [0.29, 0.717) is 13.2 Å². The predicted molar refractivity (Wildman–Crippen MR) is 70.0 cm³/mol. The number of piperidine rings is 1. The van der Waals surface area contributed by atoms with Crippen LogP contribution in [0.25, 0.3) is 0 Å². The highest BCUT2D eigenvalue weighted by Crippen LogP contribution is 2.17. The molecule has 1 aliphatic rings. The summed E-state index contributed by atoms with van der Waals surface area (Å²) in [5, 5.41) is 0. The highest BCUT2D eigenvalue weighted by molar-refractivity contribution is 5.68. The lowest BCUT2D eigenvalue weighted by Crippen LogP contribution is -2.47. The third-order valence-corrected chi connectivity index (χ3v) is 3.34. The van der Waals surface area contributed by atoms with Gasteiger partial charge >= 0.3 is 6.09 Å². The molecule has 0 saturated carbocycles. The first-order valence-corrected chi connectivity index (χ1v) is 6.48. The van der Waals surface area contributed by atoms with E-state index in [1.165, 1.54) is 0 Å². The van der Waals surface area contributed by atoms with E-state index in [1.54, 1.807) is 4.90 Å². The van der Waals surface area contributed by atoms with E-state index in [2.05, 4.69) is 0 Å². The smallest absolute Gasteiger partial charge is 0.410 e. The van der Waals surface area contributed by atoms with Crippen molar-refractivity contribution in [3.8, 4) is 0 Å². The molecular weight excluding hydrogens is 228 g/mol. The van der Waals surface area contributed by atoms with E-state index in [9.17, 15) is 4.79 Å². The van der Waals surface area contributed by atoms with Crippen LogP contribution in [0.3, 0.4) is 0 Å². The summed E-state index contributed by atoms with van der Waals surface area (Å²) in [5.74, 6) is 0. The summed E-state index contributed by atoms with van der Waals surface area (Å²) in [6.45, 7) is 1.60. The van der Waals surface area contributed by atoms with E-state index >= 15 is 0 Å². The summed E-state index contributed by atoms with van der Waals surface area (Å²) in [5.41, 5.74) is 6.70. The van der Waals surface area contributed by atoms with Crippen LogP contribution in [0.5, 0.6) is 0 Å². The van der Waals surface area contributed by atoms with Crippen LogP contribution in [-0.2, 0) is 11.3 Å². The molecule has 4 nitrogen and oxygen atoms in total. The second kappa shape index (κ2) is 6.40. The molecule has 1 saturated heterocycles. The third kappa shape index (κ3) is 3.23. The van der Waals surface area contributed by atoms with Crippen molar-refractivity contribution < 1.29 is 9.53 Å². The summed E-state index contributed by atoms with van der Waals surface area (Å²) in [7, 11) is 0. The van der Waals surface area contributed by atoms with Gasteiger partial charge < -0.3 is 15.4 Å². The van der Waals surface area contributed by atoms with Gasteiger partial charge in [-0.1, -0.05) is 30.3 Å². The summed E-state index contributed by atoms with van der Waals surface area (Å²) in [4.78, 5) is 13.8. The normalized spacial score (nSPS) is 19.6. The lowest BCUT2D eigenvalue weighted by Gasteiger charge is -2.34. The van der Waals surface area contributed by atoms with Gasteiger partial charge in [0.05, 0.1) is 0 Å². The number of benzene rings is 1. The molecule has 1 aliphatic heterocycles. The Morgan fingerprint density at radius 3 is 2.83 bits per heavy atom. The Bertz CT molecular complexity index is 381. The average molecular weight is 248 g/mol. The predicted octanol–water partition coefficient (Wildman–Crippen LogP) is 2.14. The van der Waals surface area contributed by atoms with Crippen LogP contribution in [0.4, 0.5) is 4.79 Å². The molecule has 1 atom stereocenters. The Kier molecular flexibility index (Phi) is 4.59. The van der Waals surface area contributed by atoms with Crippen LogP contribution in [0.1, 0.15) is 24.8 Å².